The van der Waals surface area contributed by atoms with E-state index < -0.39 is 48.4 Å². The van der Waals surface area contributed by atoms with Crippen LogP contribution in [0.25, 0.3) is 0 Å². The molecule has 2 bridgehead atoms. The van der Waals surface area contributed by atoms with Crippen LogP contribution in [0.3, 0.4) is 0 Å². The van der Waals surface area contributed by atoms with Crippen molar-refractivity contribution < 1.29 is 37.3 Å². The fourth-order valence-corrected chi connectivity index (χ4v) is 3.44. The van der Waals surface area contributed by atoms with Gasteiger partial charge in [-0.2, -0.15) is 13.2 Å². The smallest absolute Gasteiger partial charge is 0.416 e. The second-order valence-electron chi connectivity index (χ2n) is 6.97. The van der Waals surface area contributed by atoms with E-state index in [9.17, 15) is 23.1 Å². The lowest BCUT2D eigenvalue weighted by atomic mass is 9.98. The third kappa shape index (κ3) is 4.35. The van der Waals surface area contributed by atoms with Crippen molar-refractivity contribution in [3.05, 3.63) is 60.2 Å². The number of urea groups is 1. The first-order valence-electron chi connectivity index (χ1n) is 9.23. The molecule has 2 amide bonds. The molecule has 0 aliphatic carbocycles. The summed E-state index contributed by atoms with van der Waals surface area (Å²) in [6.45, 7) is 0.130. The molecule has 5 atom stereocenters. The quantitative estimate of drug-likeness (QED) is 0.703. The average molecular weight is 424 g/mol. The molecule has 10 heteroatoms. The van der Waals surface area contributed by atoms with Crippen LogP contribution in [0.15, 0.2) is 54.6 Å². The topological polar surface area (TPSA) is 89.1 Å². The number of ether oxygens (including phenoxy) is 3. The predicted molar refractivity (Wildman–Crippen MR) is 98.9 cm³/mol. The normalized spacial score (nSPS) is 28.1. The van der Waals surface area contributed by atoms with Crippen LogP contribution in [0, 0.1) is 0 Å². The van der Waals surface area contributed by atoms with Crippen molar-refractivity contribution in [2.75, 3.05) is 11.9 Å². The molecular weight excluding hydrogens is 405 g/mol. The number of aliphatic hydroxyl groups excluding tert-OH is 1. The monoisotopic (exact) mass is 424 g/mol. The van der Waals surface area contributed by atoms with Crippen LogP contribution in [0.4, 0.5) is 23.7 Å². The molecule has 2 fully saturated rings. The van der Waals surface area contributed by atoms with E-state index in [2.05, 4.69) is 10.6 Å². The maximum absolute atomic E-state index is 12.8. The molecule has 2 aliphatic rings. The molecule has 0 saturated carbocycles. The first-order valence-corrected chi connectivity index (χ1v) is 9.23. The number of amides is 2. The first-order chi connectivity index (χ1) is 14.3. The Hall–Kier alpha value is -2.82. The fourth-order valence-electron chi connectivity index (χ4n) is 3.44. The Bertz CT molecular complexity index is 896. The molecule has 30 heavy (non-hydrogen) atoms. The van der Waals surface area contributed by atoms with Crippen LogP contribution in [0.5, 0.6) is 5.75 Å². The number of rotatable bonds is 4. The minimum Gasteiger partial charge on any atom is -0.482 e. The number of para-hydroxylation sites is 1. The summed E-state index contributed by atoms with van der Waals surface area (Å²) < 4.78 is 55.5. The first kappa shape index (κ1) is 20.5. The molecule has 0 aromatic heterocycles. The van der Waals surface area contributed by atoms with Crippen LogP contribution >= 0.6 is 0 Å². The maximum atomic E-state index is 12.8. The van der Waals surface area contributed by atoms with E-state index >= 15 is 0 Å². The summed E-state index contributed by atoms with van der Waals surface area (Å²) in [5.41, 5.74) is -0.920. The summed E-state index contributed by atoms with van der Waals surface area (Å²) in [6, 6.07) is 11.3. The molecule has 2 heterocycles. The highest BCUT2D eigenvalue weighted by atomic mass is 19.4. The highest BCUT2D eigenvalue weighted by Crippen LogP contribution is 2.32. The molecule has 4 rings (SSSR count). The van der Waals surface area contributed by atoms with E-state index in [1.165, 1.54) is 12.1 Å². The summed E-state index contributed by atoms with van der Waals surface area (Å²) in [7, 11) is 0. The summed E-state index contributed by atoms with van der Waals surface area (Å²) in [6.07, 6.45) is -8.00. The van der Waals surface area contributed by atoms with E-state index in [4.69, 9.17) is 14.2 Å². The van der Waals surface area contributed by atoms with Gasteiger partial charge in [-0.25, -0.2) is 4.79 Å². The van der Waals surface area contributed by atoms with Crippen molar-refractivity contribution in [1.82, 2.24) is 5.32 Å². The Kier molecular flexibility index (Phi) is 5.54. The number of hydrogen-bond donors (Lipinski definition) is 3. The number of aliphatic hydroxyl groups is 1. The van der Waals surface area contributed by atoms with Gasteiger partial charge in [-0.15, -0.1) is 0 Å². The van der Waals surface area contributed by atoms with Crippen LogP contribution < -0.4 is 15.4 Å². The van der Waals surface area contributed by atoms with Crippen molar-refractivity contribution in [1.29, 1.82) is 0 Å². The number of anilines is 1. The zero-order valence-corrected chi connectivity index (χ0v) is 15.5. The molecule has 160 valence electrons. The second kappa shape index (κ2) is 8.13. The van der Waals surface area contributed by atoms with Gasteiger partial charge in [-0.3, -0.25) is 0 Å². The van der Waals surface area contributed by atoms with E-state index in [1.807, 2.05) is 6.07 Å². The Morgan fingerprint density at radius 2 is 1.90 bits per heavy atom. The van der Waals surface area contributed by atoms with Crippen molar-refractivity contribution >= 4 is 11.7 Å². The molecule has 0 spiro atoms. The number of halogens is 3. The molecule has 0 unspecified atom stereocenters. The molecule has 2 aromatic carbocycles. The lowest BCUT2D eigenvalue weighted by Crippen LogP contribution is -2.62. The van der Waals surface area contributed by atoms with E-state index in [0.717, 1.165) is 12.1 Å². The van der Waals surface area contributed by atoms with Crippen LogP contribution in [-0.4, -0.2) is 48.4 Å². The van der Waals surface area contributed by atoms with Gasteiger partial charge in [0.05, 0.1) is 18.2 Å². The number of hydrogen-bond acceptors (Lipinski definition) is 5. The molecule has 3 N–H and O–H groups in total. The summed E-state index contributed by atoms with van der Waals surface area (Å²) >= 11 is 0. The van der Waals surface area contributed by atoms with Crippen LogP contribution in [0.1, 0.15) is 5.56 Å². The Morgan fingerprint density at radius 1 is 1.13 bits per heavy atom. The van der Waals surface area contributed by atoms with Crippen LogP contribution in [-0.2, 0) is 15.7 Å². The standard InChI is InChI=1S/C20H19F3N2O5/c21-20(22,23)11-5-4-6-12(9-11)24-19(27)25-15-14-10-28-18(30-14)17(16(15)26)29-13-7-2-1-3-8-13/h1-9,14-18,26H,10H2,(H2,24,25,27)/t14-,15-,16+,17-,18-/m1/s1. The van der Waals surface area contributed by atoms with Crippen molar-refractivity contribution in [3.8, 4) is 5.75 Å². The fraction of sp³-hybridized carbons (Fsp3) is 0.350. The average Bonchev–Trinajstić information content (AvgIpc) is 3.15. The number of fused-ring (bicyclic) bond motifs is 2. The van der Waals surface area contributed by atoms with Gasteiger partial charge in [0, 0.05) is 5.69 Å². The zero-order chi connectivity index (χ0) is 21.3. The Morgan fingerprint density at radius 3 is 2.63 bits per heavy atom. The SMILES string of the molecule is O=C(Nc1cccc(C(F)(F)F)c1)N[C@H]1[C@H](O)[C@@H](Oc2ccccc2)[C@@H]2OC[C@H]1O2. The number of alkyl halides is 3. The third-order valence-corrected chi connectivity index (χ3v) is 4.87. The van der Waals surface area contributed by atoms with Gasteiger partial charge >= 0.3 is 12.2 Å². The Labute approximate surface area is 169 Å². The molecule has 2 aromatic rings. The number of benzene rings is 2. The minimum atomic E-state index is -4.53. The molecule has 0 radical (unpaired) electrons. The van der Waals surface area contributed by atoms with E-state index in [1.54, 1.807) is 24.3 Å². The van der Waals surface area contributed by atoms with Gasteiger partial charge in [0.1, 0.15) is 18.0 Å². The van der Waals surface area contributed by atoms with E-state index in [0.29, 0.717) is 5.75 Å². The highest BCUT2D eigenvalue weighted by molar-refractivity contribution is 5.89. The summed E-state index contributed by atoms with van der Waals surface area (Å²) in [4.78, 5) is 12.4. The van der Waals surface area contributed by atoms with E-state index in [-0.39, 0.29) is 12.3 Å². The summed E-state index contributed by atoms with van der Waals surface area (Å²) in [5.74, 6) is 0.492. The van der Waals surface area contributed by atoms with Crippen molar-refractivity contribution in [3.63, 3.8) is 0 Å². The second-order valence-corrected chi connectivity index (χ2v) is 6.97. The Balaban J connectivity index is 1.44. The zero-order valence-electron chi connectivity index (χ0n) is 15.5. The number of carbonyl (C=O) groups excluding carboxylic acids is 1. The van der Waals surface area contributed by atoms with Crippen molar-refractivity contribution in [2.24, 2.45) is 0 Å². The maximum Gasteiger partial charge on any atom is 0.416 e. The predicted octanol–water partition coefficient (Wildman–Crippen LogP) is 2.76. The van der Waals surface area contributed by atoms with Gasteiger partial charge in [0.25, 0.3) is 0 Å². The number of carbonyl (C=O) groups is 1. The molecule has 7 nitrogen and oxygen atoms in total. The van der Waals surface area contributed by atoms with Gasteiger partial charge in [-0.1, -0.05) is 24.3 Å². The van der Waals surface area contributed by atoms with Crippen molar-refractivity contribution in [2.45, 2.75) is 36.8 Å². The van der Waals surface area contributed by atoms with Gasteiger partial charge in [0.2, 0.25) is 0 Å². The van der Waals surface area contributed by atoms with Gasteiger partial charge in [0.15, 0.2) is 12.4 Å². The van der Waals surface area contributed by atoms with Gasteiger partial charge < -0.3 is 30.0 Å². The number of nitrogens with one attached hydrogen (secondary N) is 2. The lowest BCUT2D eigenvalue weighted by Gasteiger charge is -2.38. The van der Waals surface area contributed by atoms with Gasteiger partial charge in [-0.05, 0) is 30.3 Å². The minimum absolute atomic E-state index is 0.0359. The molecule has 2 saturated heterocycles. The molecule has 2 aliphatic heterocycles. The van der Waals surface area contributed by atoms with Crippen LogP contribution in [0.2, 0.25) is 0 Å². The highest BCUT2D eigenvalue weighted by Gasteiger charge is 2.52. The summed E-state index contributed by atoms with van der Waals surface area (Å²) in [5, 5.41) is 15.7. The largest absolute Gasteiger partial charge is 0.482 e. The third-order valence-electron chi connectivity index (χ3n) is 4.87. The lowest BCUT2D eigenvalue weighted by molar-refractivity contribution is -0.192. The molecular formula is C20H19F3N2O5.